The van der Waals surface area contributed by atoms with E-state index in [1.54, 1.807) is 60.7 Å². The van der Waals surface area contributed by atoms with Crippen molar-refractivity contribution in [2.75, 3.05) is 16.8 Å². The maximum Gasteiger partial charge on any atom is 0.243 e. The van der Waals surface area contributed by atoms with Gasteiger partial charge in [-0.1, -0.05) is 47.6 Å². The van der Waals surface area contributed by atoms with Crippen LogP contribution >= 0.6 is 0 Å². The molecule has 34 heavy (non-hydrogen) atoms. The van der Waals surface area contributed by atoms with E-state index in [0.29, 0.717) is 22.4 Å². The van der Waals surface area contributed by atoms with Crippen LogP contribution in [0.3, 0.4) is 0 Å². The highest BCUT2D eigenvalue weighted by Gasteiger charge is 2.17. The van der Waals surface area contributed by atoms with Gasteiger partial charge in [-0.2, -0.15) is 0 Å². The van der Waals surface area contributed by atoms with E-state index in [9.17, 15) is 13.2 Å². The Balaban J connectivity index is 1.76. The van der Waals surface area contributed by atoms with E-state index >= 15 is 0 Å². The number of sulfonamides is 1. The molecule has 0 saturated carbocycles. The lowest BCUT2D eigenvalue weighted by Crippen LogP contribution is -2.38. The van der Waals surface area contributed by atoms with Crippen LogP contribution in [-0.4, -0.2) is 38.0 Å². The van der Waals surface area contributed by atoms with Crippen molar-refractivity contribution in [2.24, 2.45) is 16.0 Å². The molecule has 0 unspecified atom stereocenters. The molecule has 178 valence electrons. The third-order valence-electron chi connectivity index (χ3n) is 5.19. The third kappa shape index (κ3) is 5.91. The first-order chi connectivity index (χ1) is 16.1. The number of primary sulfonamides is 1. The van der Waals surface area contributed by atoms with Gasteiger partial charge in [-0.25, -0.2) is 13.6 Å². The smallest absolute Gasteiger partial charge is 0.243 e. The molecular formula is C24H27N5O4S. The van der Waals surface area contributed by atoms with E-state index in [1.165, 1.54) is 6.07 Å². The molecule has 9 nitrogen and oxygen atoms in total. The van der Waals surface area contributed by atoms with E-state index in [1.807, 2.05) is 24.8 Å². The summed E-state index contributed by atoms with van der Waals surface area (Å²) in [7, 11) is -3.87. The van der Waals surface area contributed by atoms with Crippen molar-refractivity contribution in [3.8, 4) is 11.1 Å². The van der Waals surface area contributed by atoms with Crippen LogP contribution in [-0.2, 0) is 14.8 Å². The first kappa shape index (κ1) is 24.7. The van der Waals surface area contributed by atoms with E-state index in [4.69, 9.17) is 16.1 Å². The van der Waals surface area contributed by atoms with Gasteiger partial charge in [0.15, 0.2) is 5.84 Å². The molecule has 0 atom stereocenters. The maximum absolute atomic E-state index is 12.8. The molecule has 0 aliphatic rings. The van der Waals surface area contributed by atoms with Crippen LogP contribution in [0.15, 0.2) is 82.8 Å². The van der Waals surface area contributed by atoms with Gasteiger partial charge in [-0.15, -0.1) is 0 Å². The quantitative estimate of drug-likeness (QED) is 0.168. The Labute approximate surface area is 198 Å². The summed E-state index contributed by atoms with van der Waals surface area (Å²) in [4.78, 5) is 14.7. The standard InChI is InChI=1S/C24H27N5O4S/c1-16(2)29(20-7-5-6-18(14-20)24(25)28-31)15-23(30)27-19-12-10-17(11-13-19)21-8-3-4-9-22(21)34(26,32)33/h3-14,16,31H,15H2,1-2H3,(H2,25,28)(H,27,30)(H2,26,32,33). The number of amides is 1. The number of oxime groups is 1. The van der Waals surface area contributed by atoms with Gasteiger partial charge >= 0.3 is 0 Å². The number of nitrogens with zero attached hydrogens (tertiary/aromatic N) is 2. The molecule has 0 fully saturated rings. The summed E-state index contributed by atoms with van der Waals surface area (Å²) in [5.41, 5.74) is 8.70. The molecule has 3 aromatic rings. The predicted octanol–water partition coefficient (Wildman–Crippen LogP) is 2.95. The summed E-state index contributed by atoms with van der Waals surface area (Å²) in [6.07, 6.45) is 0. The highest BCUT2D eigenvalue weighted by molar-refractivity contribution is 7.89. The van der Waals surface area contributed by atoms with Crippen molar-refractivity contribution in [1.29, 1.82) is 0 Å². The molecule has 0 aliphatic heterocycles. The van der Waals surface area contributed by atoms with Crippen molar-refractivity contribution in [3.05, 3.63) is 78.4 Å². The fourth-order valence-corrected chi connectivity index (χ4v) is 4.28. The van der Waals surface area contributed by atoms with E-state index in [0.717, 1.165) is 5.69 Å². The molecule has 0 spiro atoms. The highest BCUT2D eigenvalue weighted by atomic mass is 32.2. The molecule has 0 radical (unpaired) electrons. The zero-order valence-corrected chi connectivity index (χ0v) is 19.7. The van der Waals surface area contributed by atoms with Crippen LogP contribution in [0, 0.1) is 0 Å². The molecule has 1 amide bonds. The van der Waals surface area contributed by atoms with Gasteiger partial charge in [0.05, 0.1) is 11.4 Å². The summed E-state index contributed by atoms with van der Waals surface area (Å²) in [5, 5.41) is 20.1. The Morgan fingerprint density at radius 2 is 1.74 bits per heavy atom. The molecule has 0 aliphatic carbocycles. The SMILES string of the molecule is CC(C)N(CC(=O)Nc1ccc(-c2ccccc2S(N)(=O)=O)cc1)c1cccc(C(N)=NO)c1. The van der Waals surface area contributed by atoms with Crippen LogP contribution in [0.1, 0.15) is 19.4 Å². The maximum atomic E-state index is 12.8. The van der Waals surface area contributed by atoms with E-state index in [-0.39, 0.29) is 29.2 Å². The molecule has 0 heterocycles. The molecule has 0 bridgehead atoms. The zero-order chi connectivity index (χ0) is 24.9. The average Bonchev–Trinajstić information content (AvgIpc) is 2.82. The number of hydrogen-bond acceptors (Lipinski definition) is 6. The number of nitrogens with one attached hydrogen (secondary N) is 1. The molecular weight excluding hydrogens is 454 g/mol. The predicted molar refractivity (Wildman–Crippen MR) is 133 cm³/mol. The minimum atomic E-state index is -3.87. The number of amidine groups is 1. The van der Waals surface area contributed by atoms with Gasteiger partial charge in [0.1, 0.15) is 0 Å². The Morgan fingerprint density at radius 3 is 2.35 bits per heavy atom. The molecule has 3 aromatic carbocycles. The number of hydrogen-bond donors (Lipinski definition) is 4. The van der Waals surface area contributed by atoms with Crippen LogP contribution in [0.25, 0.3) is 11.1 Å². The van der Waals surface area contributed by atoms with Crippen molar-refractivity contribution in [1.82, 2.24) is 0 Å². The number of rotatable bonds is 8. The third-order valence-corrected chi connectivity index (χ3v) is 6.16. The summed E-state index contributed by atoms with van der Waals surface area (Å²) < 4.78 is 23.8. The molecule has 10 heteroatoms. The lowest BCUT2D eigenvalue weighted by atomic mass is 10.1. The fraction of sp³-hybridized carbons (Fsp3) is 0.167. The van der Waals surface area contributed by atoms with Crippen LogP contribution in [0.4, 0.5) is 11.4 Å². The second-order valence-corrected chi connectivity index (χ2v) is 9.45. The first-order valence-electron chi connectivity index (χ1n) is 10.5. The normalized spacial score (nSPS) is 11.9. The van der Waals surface area contributed by atoms with Gasteiger partial charge < -0.3 is 21.2 Å². The minimum Gasteiger partial charge on any atom is -0.409 e. The van der Waals surface area contributed by atoms with Crippen LogP contribution < -0.4 is 21.1 Å². The average molecular weight is 482 g/mol. The summed E-state index contributed by atoms with van der Waals surface area (Å²) in [6, 6.07) is 20.4. The molecule has 0 saturated heterocycles. The topological polar surface area (TPSA) is 151 Å². The van der Waals surface area contributed by atoms with E-state index in [2.05, 4.69) is 10.5 Å². The Hall–Kier alpha value is -3.89. The van der Waals surface area contributed by atoms with Gasteiger partial charge in [0.2, 0.25) is 15.9 Å². The number of nitrogens with two attached hydrogens (primary N) is 2. The monoisotopic (exact) mass is 481 g/mol. The first-order valence-corrected chi connectivity index (χ1v) is 12.0. The second-order valence-electron chi connectivity index (χ2n) is 7.92. The van der Waals surface area contributed by atoms with Crippen LogP contribution in [0.2, 0.25) is 0 Å². The largest absolute Gasteiger partial charge is 0.409 e. The zero-order valence-electron chi connectivity index (χ0n) is 18.8. The summed E-state index contributed by atoms with van der Waals surface area (Å²) >= 11 is 0. The summed E-state index contributed by atoms with van der Waals surface area (Å²) in [6.45, 7) is 4.00. The Kier molecular flexibility index (Phi) is 7.54. The Morgan fingerprint density at radius 1 is 1.06 bits per heavy atom. The van der Waals surface area contributed by atoms with Gasteiger partial charge in [0.25, 0.3) is 0 Å². The van der Waals surface area contributed by atoms with Crippen molar-refractivity contribution in [2.45, 2.75) is 24.8 Å². The minimum absolute atomic E-state index is 0.00498. The fourth-order valence-electron chi connectivity index (χ4n) is 3.52. The van der Waals surface area contributed by atoms with Crippen molar-refractivity contribution < 1.29 is 18.4 Å². The Bertz CT molecular complexity index is 1300. The van der Waals surface area contributed by atoms with Crippen molar-refractivity contribution >= 4 is 33.1 Å². The number of carbonyl (C=O) groups excluding carboxylic acids is 1. The highest BCUT2D eigenvalue weighted by Crippen LogP contribution is 2.27. The van der Waals surface area contributed by atoms with Gasteiger partial charge in [0, 0.05) is 28.5 Å². The molecule has 3 rings (SSSR count). The lowest BCUT2D eigenvalue weighted by molar-refractivity contribution is -0.115. The number of carbonyl (C=O) groups is 1. The second kappa shape index (κ2) is 10.4. The lowest BCUT2D eigenvalue weighted by Gasteiger charge is -2.28. The van der Waals surface area contributed by atoms with Crippen molar-refractivity contribution in [3.63, 3.8) is 0 Å². The van der Waals surface area contributed by atoms with Gasteiger partial charge in [-0.3, -0.25) is 4.79 Å². The molecule has 6 N–H and O–H groups in total. The molecule has 0 aromatic heterocycles. The number of benzene rings is 3. The number of anilines is 2. The van der Waals surface area contributed by atoms with E-state index < -0.39 is 10.0 Å². The summed E-state index contributed by atoms with van der Waals surface area (Å²) in [5.74, 6) is -0.250. The van der Waals surface area contributed by atoms with Gasteiger partial charge in [-0.05, 0) is 49.7 Å². The van der Waals surface area contributed by atoms with Crippen LogP contribution in [0.5, 0.6) is 0 Å².